The van der Waals surface area contributed by atoms with Crippen molar-refractivity contribution in [1.82, 2.24) is 25.0 Å². The van der Waals surface area contributed by atoms with Crippen molar-refractivity contribution in [2.75, 3.05) is 6.54 Å². The lowest BCUT2D eigenvalue weighted by atomic mass is 10.3. The number of thiazole rings is 1. The van der Waals surface area contributed by atoms with Gasteiger partial charge in [0.2, 0.25) is 0 Å². The quantitative estimate of drug-likeness (QED) is 0.702. The average molecular weight is 303 g/mol. The Morgan fingerprint density at radius 1 is 1.43 bits per heavy atom. The standard InChI is InChI=1S/C13H13N5O2S/c19-12(15-2-1-5-18-6-3-14-9-18)10-8-11(20-17-10)13-16-4-7-21-13/h3-4,6-9H,1-2,5H2,(H,15,19). The van der Waals surface area contributed by atoms with Crippen molar-refractivity contribution in [2.24, 2.45) is 0 Å². The van der Waals surface area contributed by atoms with Gasteiger partial charge in [-0.1, -0.05) is 5.16 Å². The van der Waals surface area contributed by atoms with E-state index in [9.17, 15) is 4.79 Å². The monoisotopic (exact) mass is 303 g/mol. The third-order valence-corrected chi connectivity index (χ3v) is 3.61. The van der Waals surface area contributed by atoms with E-state index in [0.717, 1.165) is 13.0 Å². The van der Waals surface area contributed by atoms with Gasteiger partial charge in [0.05, 0.1) is 6.33 Å². The Bertz CT molecular complexity index is 690. The Balaban J connectivity index is 1.49. The second-order valence-electron chi connectivity index (χ2n) is 4.32. The Morgan fingerprint density at radius 2 is 2.38 bits per heavy atom. The fraction of sp³-hybridized carbons (Fsp3) is 0.231. The van der Waals surface area contributed by atoms with Crippen LogP contribution in [0.4, 0.5) is 0 Å². The molecule has 21 heavy (non-hydrogen) atoms. The molecule has 0 unspecified atom stereocenters. The molecule has 0 saturated heterocycles. The zero-order chi connectivity index (χ0) is 14.5. The van der Waals surface area contributed by atoms with Crippen LogP contribution < -0.4 is 5.32 Å². The molecule has 0 bridgehead atoms. The van der Waals surface area contributed by atoms with E-state index in [4.69, 9.17) is 4.52 Å². The Hall–Kier alpha value is -2.48. The summed E-state index contributed by atoms with van der Waals surface area (Å²) >= 11 is 1.44. The minimum Gasteiger partial charge on any atom is -0.353 e. The number of hydrogen-bond donors (Lipinski definition) is 1. The summed E-state index contributed by atoms with van der Waals surface area (Å²) in [5.74, 6) is 0.265. The van der Waals surface area contributed by atoms with Gasteiger partial charge < -0.3 is 14.4 Å². The molecule has 8 heteroatoms. The topological polar surface area (TPSA) is 85.8 Å². The van der Waals surface area contributed by atoms with E-state index >= 15 is 0 Å². The summed E-state index contributed by atoms with van der Waals surface area (Å²) in [5.41, 5.74) is 0.267. The minimum absolute atomic E-state index is 0.243. The number of imidazole rings is 1. The number of aryl methyl sites for hydroxylation is 1. The number of nitrogens with zero attached hydrogens (tertiary/aromatic N) is 4. The zero-order valence-corrected chi connectivity index (χ0v) is 11.9. The first-order valence-corrected chi connectivity index (χ1v) is 7.31. The van der Waals surface area contributed by atoms with Crippen molar-refractivity contribution in [3.63, 3.8) is 0 Å². The van der Waals surface area contributed by atoms with Crippen LogP contribution in [0.15, 0.2) is 40.9 Å². The Morgan fingerprint density at radius 3 is 3.14 bits per heavy atom. The maximum atomic E-state index is 11.9. The van der Waals surface area contributed by atoms with Crippen molar-refractivity contribution in [1.29, 1.82) is 0 Å². The Kier molecular flexibility index (Phi) is 4.06. The highest BCUT2D eigenvalue weighted by Gasteiger charge is 2.14. The number of carbonyl (C=O) groups is 1. The lowest BCUT2D eigenvalue weighted by Crippen LogP contribution is -2.25. The molecule has 0 atom stereocenters. The zero-order valence-electron chi connectivity index (χ0n) is 11.1. The van der Waals surface area contributed by atoms with Crippen LogP contribution in [0.25, 0.3) is 10.8 Å². The lowest BCUT2D eigenvalue weighted by molar-refractivity contribution is 0.0944. The molecule has 0 aliphatic carbocycles. The first-order valence-electron chi connectivity index (χ1n) is 6.43. The highest BCUT2D eigenvalue weighted by Crippen LogP contribution is 2.22. The van der Waals surface area contributed by atoms with Gasteiger partial charge in [-0.05, 0) is 6.42 Å². The van der Waals surface area contributed by atoms with Crippen LogP contribution >= 0.6 is 11.3 Å². The number of hydrogen-bond acceptors (Lipinski definition) is 6. The van der Waals surface area contributed by atoms with Crippen LogP contribution in [0.2, 0.25) is 0 Å². The van der Waals surface area contributed by atoms with Crippen molar-refractivity contribution in [2.45, 2.75) is 13.0 Å². The van der Waals surface area contributed by atoms with Crippen LogP contribution in [-0.4, -0.2) is 32.1 Å². The highest BCUT2D eigenvalue weighted by atomic mass is 32.1. The largest absolute Gasteiger partial charge is 0.353 e. The minimum atomic E-state index is -0.243. The molecule has 0 fully saturated rings. The van der Waals surface area contributed by atoms with Crippen LogP contribution in [0.3, 0.4) is 0 Å². The number of nitrogens with one attached hydrogen (secondary N) is 1. The van der Waals surface area contributed by atoms with E-state index in [-0.39, 0.29) is 11.6 Å². The fourth-order valence-corrected chi connectivity index (χ4v) is 2.39. The molecule has 0 saturated carbocycles. The van der Waals surface area contributed by atoms with Gasteiger partial charge in [0.25, 0.3) is 5.91 Å². The van der Waals surface area contributed by atoms with Gasteiger partial charge in [-0.2, -0.15) is 0 Å². The SMILES string of the molecule is O=C(NCCCn1ccnc1)c1cc(-c2nccs2)on1. The molecule has 0 radical (unpaired) electrons. The molecular weight excluding hydrogens is 290 g/mol. The fourth-order valence-electron chi connectivity index (χ4n) is 1.80. The summed E-state index contributed by atoms with van der Waals surface area (Å²) in [7, 11) is 0. The molecule has 3 rings (SSSR count). The van der Waals surface area contributed by atoms with Crippen molar-refractivity contribution in [3.05, 3.63) is 42.1 Å². The lowest BCUT2D eigenvalue weighted by Gasteiger charge is -2.03. The predicted molar refractivity (Wildman–Crippen MR) is 76.8 cm³/mol. The third kappa shape index (κ3) is 3.34. The van der Waals surface area contributed by atoms with Gasteiger partial charge in [-0.25, -0.2) is 9.97 Å². The molecule has 0 spiro atoms. The van der Waals surface area contributed by atoms with Crippen molar-refractivity contribution < 1.29 is 9.32 Å². The smallest absolute Gasteiger partial charge is 0.273 e. The number of amides is 1. The normalized spacial score (nSPS) is 10.7. The Labute approximate surface area is 124 Å². The molecule has 108 valence electrons. The van der Waals surface area contributed by atoms with Gasteiger partial charge in [0, 0.05) is 43.1 Å². The summed E-state index contributed by atoms with van der Waals surface area (Å²) in [6.07, 6.45) is 7.87. The summed E-state index contributed by atoms with van der Waals surface area (Å²) in [6, 6.07) is 1.60. The molecule has 0 aliphatic heterocycles. The summed E-state index contributed by atoms with van der Waals surface area (Å²) in [5, 5.41) is 9.12. The molecule has 0 aromatic carbocycles. The van der Waals surface area contributed by atoms with Gasteiger partial charge in [0.1, 0.15) is 0 Å². The van der Waals surface area contributed by atoms with Gasteiger partial charge in [0.15, 0.2) is 16.5 Å². The van der Waals surface area contributed by atoms with E-state index < -0.39 is 0 Å². The first-order chi connectivity index (χ1) is 10.3. The molecule has 1 N–H and O–H groups in total. The average Bonchev–Trinajstić information content (AvgIpc) is 3.25. The molecular formula is C13H13N5O2S. The molecule has 3 heterocycles. The van der Waals surface area contributed by atoms with Gasteiger partial charge in [-0.15, -0.1) is 11.3 Å². The van der Waals surface area contributed by atoms with Crippen LogP contribution in [-0.2, 0) is 6.54 Å². The molecule has 1 amide bonds. The van der Waals surface area contributed by atoms with E-state index in [0.29, 0.717) is 17.3 Å². The maximum Gasteiger partial charge on any atom is 0.273 e. The summed E-state index contributed by atoms with van der Waals surface area (Å²) in [6.45, 7) is 1.37. The van der Waals surface area contributed by atoms with Gasteiger partial charge in [-0.3, -0.25) is 4.79 Å². The van der Waals surface area contributed by atoms with Crippen LogP contribution in [0, 0.1) is 0 Å². The summed E-state index contributed by atoms with van der Waals surface area (Å²) in [4.78, 5) is 20.0. The van der Waals surface area contributed by atoms with Crippen molar-refractivity contribution >= 4 is 17.2 Å². The second-order valence-corrected chi connectivity index (χ2v) is 5.22. The number of rotatable bonds is 6. The molecule has 0 aliphatic rings. The second kappa shape index (κ2) is 6.31. The summed E-state index contributed by atoms with van der Waals surface area (Å²) < 4.78 is 7.08. The molecule has 3 aromatic rings. The van der Waals surface area contributed by atoms with E-state index in [1.54, 1.807) is 24.8 Å². The highest BCUT2D eigenvalue weighted by molar-refractivity contribution is 7.13. The van der Waals surface area contributed by atoms with Gasteiger partial charge >= 0.3 is 0 Å². The van der Waals surface area contributed by atoms with Crippen LogP contribution in [0.1, 0.15) is 16.9 Å². The van der Waals surface area contributed by atoms with Crippen molar-refractivity contribution in [3.8, 4) is 10.8 Å². The predicted octanol–water partition coefficient (Wildman–Crippen LogP) is 1.81. The van der Waals surface area contributed by atoms with E-state index in [1.807, 2.05) is 16.1 Å². The van der Waals surface area contributed by atoms with E-state index in [1.165, 1.54) is 11.3 Å². The first kappa shape index (κ1) is 13.5. The number of aromatic nitrogens is 4. The number of carbonyl (C=O) groups excluding carboxylic acids is 1. The van der Waals surface area contributed by atoms with Crippen LogP contribution in [0.5, 0.6) is 0 Å². The van der Waals surface area contributed by atoms with E-state index in [2.05, 4.69) is 20.4 Å². The third-order valence-electron chi connectivity index (χ3n) is 2.82. The molecule has 7 nitrogen and oxygen atoms in total. The maximum absolute atomic E-state index is 11.9. The molecule has 3 aromatic heterocycles.